The molecule has 6 nitrogen and oxygen atoms in total. The van der Waals surface area contributed by atoms with Crippen LogP contribution in [0.2, 0.25) is 0 Å². The molecule has 22 heavy (non-hydrogen) atoms. The van der Waals surface area contributed by atoms with Gasteiger partial charge in [0, 0.05) is 17.7 Å². The van der Waals surface area contributed by atoms with Crippen LogP contribution in [-0.4, -0.2) is 32.4 Å². The van der Waals surface area contributed by atoms with E-state index in [1.165, 1.54) is 19.3 Å². The third-order valence-electron chi connectivity index (χ3n) is 4.79. The van der Waals surface area contributed by atoms with Crippen LogP contribution in [0.3, 0.4) is 0 Å². The summed E-state index contributed by atoms with van der Waals surface area (Å²) in [5.41, 5.74) is 1.10. The number of nitrogens with zero attached hydrogens (tertiary/aromatic N) is 3. The molecule has 0 saturated heterocycles. The van der Waals surface area contributed by atoms with Crippen LogP contribution in [0.25, 0.3) is 5.82 Å². The summed E-state index contributed by atoms with van der Waals surface area (Å²) in [4.78, 5) is 15.3. The van der Waals surface area contributed by atoms with Gasteiger partial charge in [-0.15, -0.1) is 5.10 Å². The molecule has 3 aliphatic rings. The Balaban J connectivity index is 1.48. The molecule has 0 aromatic carbocycles. The number of pyridine rings is 1. The van der Waals surface area contributed by atoms with Gasteiger partial charge in [-0.05, 0) is 44.2 Å². The molecule has 2 aromatic rings. The zero-order valence-corrected chi connectivity index (χ0v) is 12.3. The number of carbonyl (C=O) groups is 1. The van der Waals surface area contributed by atoms with Crippen molar-refractivity contribution < 1.29 is 14.6 Å². The Morgan fingerprint density at radius 1 is 1.41 bits per heavy atom. The topological polar surface area (TPSA) is 77.2 Å². The summed E-state index contributed by atoms with van der Waals surface area (Å²) in [6.07, 6.45) is 5.67. The van der Waals surface area contributed by atoms with Gasteiger partial charge in [-0.2, -0.15) is 0 Å². The molecule has 2 bridgehead atoms. The number of ether oxygens (including phenoxy) is 1. The third-order valence-corrected chi connectivity index (χ3v) is 4.79. The van der Waals surface area contributed by atoms with E-state index in [0.717, 1.165) is 12.5 Å². The van der Waals surface area contributed by atoms with Crippen LogP contribution in [0.5, 0.6) is 5.88 Å². The molecule has 3 aliphatic carbocycles. The average Bonchev–Trinajstić information content (AvgIpc) is 2.83. The number of rotatable bonds is 5. The molecule has 114 valence electrons. The molecule has 0 unspecified atom stereocenters. The van der Waals surface area contributed by atoms with E-state index in [2.05, 4.69) is 10.1 Å². The Morgan fingerprint density at radius 2 is 2.18 bits per heavy atom. The molecule has 0 atom stereocenters. The summed E-state index contributed by atoms with van der Waals surface area (Å²) >= 11 is 0. The fraction of sp³-hybridized carbons (Fsp3) is 0.438. The number of carboxylic acids is 1. The maximum atomic E-state index is 11.0. The van der Waals surface area contributed by atoms with Gasteiger partial charge in [0.05, 0.1) is 17.9 Å². The van der Waals surface area contributed by atoms with Crippen LogP contribution in [0, 0.1) is 18.3 Å². The summed E-state index contributed by atoms with van der Waals surface area (Å²) in [6, 6.07) is 5.01. The maximum absolute atomic E-state index is 11.0. The largest absolute Gasteiger partial charge is 0.478 e. The molecule has 0 aliphatic heterocycles. The Labute approximate surface area is 127 Å². The van der Waals surface area contributed by atoms with Crippen LogP contribution < -0.4 is 4.74 Å². The lowest BCUT2D eigenvalue weighted by Gasteiger charge is -2.61. The van der Waals surface area contributed by atoms with Crippen molar-refractivity contribution in [2.75, 3.05) is 6.61 Å². The first-order valence-electron chi connectivity index (χ1n) is 7.44. The van der Waals surface area contributed by atoms with Crippen LogP contribution in [0.1, 0.15) is 35.3 Å². The first-order chi connectivity index (χ1) is 10.5. The Hall–Kier alpha value is -2.37. The van der Waals surface area contributed by atoms with Crippen molar-refractivity contribution in [2.45, 2.75) is 26.2 Å². The Bertz CT molecular complexity index is 736. The fourth-order valence-electron chi connectivity index (χ4n) is 3.47. The molecule has 6 heteroatoms. The zero-order chi connectivity index (χ0) is 15.3. The van der Waals surface area contributed by atoms with Crippen LogP contribution >= 0.6 is 0 Å². The molecular formula is C16H17N3O3. The number of hydrogen-bond acceptors (Lipinski definition) is 4. The monoisotopic (exact) mass is 299 g/mol. The SMILES string of the molecule is Cc1nc(-n2ccc(OCC34CC(C3)C4)n2)ccc1C(=O)O. The second-order valence-corrected chi connectivity index (χ2v) is 6.47. The highest BCUT2D eigenvalue weighted by Gasteiger charge is 2.56. The first kappa shape index (κ1) is 13.3. The van der Waals surface area contributed by atoms with E-state index in [1.807, 2.05) is 6.07 Å². The quantitative estimate of drug-likeness (QED) is 0.917. The molecule has 2 heterocycles. The number of carboxylic acid groups (broad SMARTS) is 1. The zero-order valence-electron chi connectivity index (χ0n) is 12.3. The summed E-state index contributed by atoms with van der Waals surface area (Å²) in [6.45, 7) is 2.42. The van der Waals surface area contributed by atoms with Crippen LogP contribution in [0.15, 0.2) is 24.4 Å². The van der Waals surface area contributed by atoms with Gasteiger partial charge in [0.15, 0.2) is 5.82 Å². The van der Waals surface area contributed by atoms with Gasteiger partial charge in [-0.25, -0.2) is 14.5 Å². The molecule has 0 spiro atoms. The number of aromatic nitrogens is 3. The van der Waals surface area contributed by atoms with Crippen molar-refractivity contribution in [1.82, 2.24) is 14.8 Å². The molecular weight excluding hydrogens is 282 g/mol. The van der Waals surface area contributed by atoms with Gasteiger partial charge in [0.25, 0.3) is 0 Å². The molecule has 3 fully saturated rings. The van der Waals surface area contributed by atoms with Crippen LogP contribution in [0.4, 0.5) is 0 Å². The Kier molecular flexibility index (Phi) is 2.76. The smallest absolute Gasteiger partial charge is 0.337 e. The van der Waals surface area contributed by atoms with Gasteiger partial charge in [-0.1, -0.05) is 0 Å². The van der Waals surface area contributed by atoms with Gasteiger partial charge < -0.3 is 9.84 Å². The van der Waals surface area contributed by atoms with Gasteiger partial charge in [0.2, 0.25) is 5.88 Å². The van der Waals surface area contributed by atoms with E-state index in [4.69, 9.17) is 9.84 Å². The van der Waals surface area contributed by atoms with Gasteiger partial charge >= 0.3 is 5.97 Å². The minimum absolute atomic E-state index is 0.205. The summed E-state index contributed by atoms with van der Waals surface area (Å²) in [5.74, 6) is 1.15. The molecule has 1 N–H and O–H groups in total. The summed E-state index contributed by atoms with van der Waals surface area (Å²) < 4.78 is 7.40. The normalized spacial score (nSPS) is 25.2. The highest BCUT2D eigenvalue weighted by atomic mass is 16.5. The van der Waals surface area contributed by atoms with E-state index in [0.29, 0.717) is 22.8 Å². The molecule has 5 rings (SSSR count). The second kappa shape index (κ2) is 4.56. The highest BCUT2D eigenvalue weighted by Crippen LogP contribution is 2.64. The lowest BCUT2D eigenvalue weighted by Crippen LogP contribution is -2.55. The standard InChI is InChI=1S/C16H17N3O3/c1-10-12(15(20)21)2-3-13(17-10)19-5-4-14(18-19)22-9-16-6-11(7-16)8-16/h2-5,11H,6-9H2,1H3,(H,20,21). The number of aromatic carboxylic acids is 1. The molecule has 0 radical (unpaired) electrons. The highest BCUT2D eigenvalue weighted by molar-refractivity contribution is 5.88. The van der Waals surface area contributed by atoms with Gasteiger partial charge in [-0.3, -0.25) is 0 Å². The van der Waals surface area contributed by atoms with E-state index in [9.17, 15) is 4.79 Å². The third kappa shape index (κ3) is 2.06. The van der Waals surface area contributed by atoms with Gasteiger partial charge in [0.1, 0.15) is 0 Å². The summed E-state index contributed by atoms with van der Waals surface area (Å²) in [5, 5.41) is 13.4. The maximum Gasteiger partial charge on any atom is 0.337 e. The molecule has 2 aromatic heterocycles. The van der Waals surface area contributed by atoms with E-state index in [-0.39, 0.29) is 5.56 Å². The van der Waals surface area contributed by atoms with Crippen molar-refractivity contribution in [2.24, 2.45) is 11.3 Å². The lowest BCUT2D eigenvalue weighted by atomic mass is 9.45. The van der Waals surface area contributed by atoms with E-state index in [1.54, 1.807) is 29.9 Å². The van der Waals surface area contributed by atoms with Crippen molar-refractivity contribution in [3.05, 3.63) is 35.7 Å². The first-order valence-corrected chi connectivity index (χ1v) is 7.44. The van der Waals surface area contributed by atoms with Crippen molar-refractivity contribution >= 4 is 5.97 Å². The minimum Gasteiger partial charge on any atom is -0.478 e. The van der Waals surface area contributed by atoms with Crippen molar-refractivity contribution in [3.8, 4) is 11.7 Å². The average molecular weight is 299 g/mol. The van der Waals surface area contributed by atoms with Crippen molar-refractivity contribution in [1.29, 1.82) is 0 Å². The van der Waals surface area contributed by atoms with Crippen LogP contribution in [-0.2, 0) is 0 Å². The predicted molar refractivity (Wildman–Crippen MR) is 78.3 cm³/mol. The fourth-order valence-corrected chi connectivity index (χ4v) is 3.47. The lowest BCUT2D eigenvalue weighted by molar-refractivity contribution is -0.132. The summed E-state index contributed by atoms with van der Waals surface area (Å²) in [7, 11) is 0. The molecule has 3 saturated carbocycles. The predicted octanol–water partition coefficient (Wildman–Crippen LogP) is 2.45. The Morgan fingerprint density at radius 3 is 2.77 bits per heavy atom. The minimum atomic E-state index is -0.973. The van der Waals surface area contributed by atoms with E-state index >= 15 is 0 Å². The second-order valence-electron chi connectivity index (χ2n) is 6.47. The van der Waals surface area contributed by atoms with Crippen molar-refractivity contribution in [3.63, 3.8) is 0 Å². The number of aryl methyl sites for hydroxylation is 1. The van der Waals surface area contributed by atoms with E-state index < -0.39 is 5.97 Å². The molecule has 0 amide bonds. The number of hydrogen-bond donors (Lipinski definition) is 1.